The number of urea groups is 1. The number of ether oxygens (including phenoxy) is 1. The van der Waals surface area contributed by atoms with Crippen molar-refractivity contribution in [1.82, 2.24) is 15.1 Å². The summed E-state index contributed by atoms with van der Waals surface area (Å²) in [7, 11) is 3.48. The van der Waals surface area contributed by atoms with Gasteiger partial charge in [-0.3, -0.25) is 4.79 Å². The molecule has 2 fully saturated rings. The van der Waals surface area contributed by atoms with Gasteiger partial charge in [0.05, 0.1) is 6.10 Å². The average molecular weight is 325 g/mol. The third-order valence-corrected chi connectivity index (χ3v) is 4.74. The number of rotatable bonds is 3. The molecule has 0 spiro atoms. The highest BCUT2D eigenvalue weighted by Crippen LogP contribution is 2.28. The van der Waals surface area contributed by atoms with Crippen LogP contribution in [0.25, 0.3) is 0 Å². The van der Waals surface area contributed by atoms with E-state index in [9.17, 15) is 9.59 Å². The van der Waals surface area contributed by atoms with Crippen LogP contribution in [0.4, 0.5) is 4.79 Å². The highest BCUT2D eigenvalue weighted by atomic mass is 16.5. The lowest BCUT2D eigenvalue weighted by molar-refractivity contribution is -0.140. The van der Waals surface area contributed by atoms with Gasteiger partial charge < -0.3 is 19.9 Å². The van der Waals surface area contributed by atoms with Crippen molar-refractivity contribution in [2.45, 2.75) is 58.2 Å². The normalized spacial score (nSPS) is 27.4. The van der Waals surface area contributed by atoms with Gasteiger partial charge in [-0.15, -0.1) is 0 Å². The third kappa shape index (κ3) is 5.09. The van der Waals surface area contributed by atoms with Crippen LogP contribution in [0.3, 0.4) is 0 Å². The van der Waals surface area contributed by atoms with Crippen molar-refractivity contribution in [2.24, 2.45) is 5.41 Å². The van der Waals surface area contributed by atoms with Crippen molar-refractivity contribution in [1.29, 1.82) is 0 Å². The number of hydrogen-bond acceptors (Lipinski definition) is 3. The molecular weight excluding hydrogens is 294 g/mol. The predicted molar refractivity (Wildman–Crippen MR) is 89.2 cm³/mol. The van der Waals surface area contributed by atoms with Gasteiger partial charge in [0, 0.05) is 33.7 Å². The number of nitrogens with zero attached hydrogens (tertiary/aromatic N) is 2. The van der Waals surface area contributed by atoms with Crippen LogP contribution in [-0.4, -0.2) is 67.7 Å². The van der Waals surface area contributed by atoms with E-state index >= 15 is 0 Å². The first-order chi connectivity index (χ1) is 10.8. The van der Waals surface area contributed by atoms with E-state index in [-0.39, 0.29) is 29.6 Å². The second-order valence-corrected chi connectivity index (χ2v) is 7.79. The number of carbonyl (C=O) groups is 2. The number of amides is 3. The molecule has 0 radical (unpaired) electrons. The maximum atomic E-state index is 12.4. The maximum absolute atomic E-state index is 12.4. The second kappa shape index (κ2) is 7.51. The smallest absolute Gasteiger partial charge is 0.317 e. The minimum absolute atomic E-state index is 0.00749. The molecule has 0 aromatic heterocycles. The summed E-state index contributed by atoms with van der Waals surface area (Å²) in [5.74, 6) is 0.00749. The molecule has 2 saturated heterocycles. The Bertz CT molecular complexity index is 437. The Morgan fingerprint density at radius 1 is 1.26 bits per heavy atom. The van der Waals surface area contributed by atoms with Gasteiger partial charge in [-0.1, -0.05) is 20.3 Å². The first-order valence-electron chi connectivity index (χ1n) is 8.68. The first kappa shape index (κ1) is 18.0. The minimum Gasteiger partial charge on any atom is -0.363 e. The molecule has 6 nitrogen and oxygen atoms in total. The molecule has 2 atom stereocenters. The van der Waals surface area contributed by atoms with E-state index in [1.54, 1.807) is 19.0 Å². The Balaban J connectivity index is 1.77. The van der Waals surface area contributed by atoms with E-state index in [2.05, 4.69) is 19.2 Å². The molecule has 0 aromatic carbocycles. The number of nitrogens with one attached hydrogen (secondary N) is 1. The van der Waals surface area contributed by atoms with Gasteiger partial charge in [0.1, 0.15) is 6.10 Å². The third-order valence-electron chi connectivity index (χ3n) is 4.74. The topological polar surface area (TPSA) is 61.9 Å². The lowest BCUT2D eigenvalue weighted by atomic mass is 9.88. The van der Waals surface area contributed by atoms with Gasteiger partial charge in [0.15, 0.2) is 0 Å². The molecule has 3 amide bonds. The van der Waals surface area contributed by atoms with Crippen LogP contribution in [-0.2, 0) is 9.53 Å². The van der Waals surface area contributed by atoms with Crippen LogP contribution >= 0.6 is 0 Å². The Hall–Kier alpha value is -1.30. The second-order valence-electron chi connectivity index (χ2n) is 7.79. The number of likely N-dealkylation sites (tertiary alicyclic amines) is 1. The summed E-state index contributed by atoms with van der Waals surface area (Å²) in [6, 6.07) is -0.00837. The molecule has 0 aromatic rings. The summed E-state index contributed by atoms with van der Waals surface area (Å²) in [6.07, 6.45) is 4.53. The fourth-order valence-corrected chi connectivity index (χ4v) is 3.39. The molecule has 132 valence electrons. The summed E-state index contributed by atoms with van der Waals surface area (Å²) >= 11 is 0. The van der Waals surface area contributed by atoms with Crippen molar-refractivity contribution < 1.29 is 14.3 Å². The summed E-state index contributed by atoms with van der Waals surface area (Å²) in [6.45, 7) is 6.54. The Kier molecular flexibility index (Phi) is 5.89. The van der Waals surface area contributed by atoms with Crippen molar-refractivity contribution in [3.63, 3.8) is 0 Å². The van der Waals surface area contributed by atoms with E-state index in [1.165, 1.54) is 6.42 Å². The molecule has 0 unspecified atom stereocenters. The lowest BCUT2D eigenvalue weighted by Crippen LogP contribution is -2.46. The van der Waals surface area contributed by atoms with Crippen molar-refractivity contribution in [2.75, 3.05) is 33.7 Å². The summed E-state index contributed by atoms with van der Waals surface area (Å²) in [5, 5.41) is 2.99. The fourth-order valence-electron chi connectivity index (χ4n) is 3.39. The van der Waals surface area contributed by atoms with Gasteiger partial charge in [-0.05, 0) is 31.1 Å². The van der Waals surface area contributed by atoms with Crippen LogP contribution in [0.5, 0.6) is 0 Å². The molecule has 6 heteroatoms. The van der Waals surface area contributed by atoms with Gasteiger partial charge in [0.2, 0.25) is 0 Å². The molecule has 2 heterocycles. The summed E-state index contributed by atoms with van der Waals surface area (Å²) in [5.41, 5.74) is 0.181. The monoisotopic (exact) mass is 325 g/mol. The van der Waals surface area contributed by atoms with Crippen molar-refractivity contribution >= 4 is 11.9 Å². The summed E-state index contributed by atoms with van der Waals surface area (Å²) < 4.78 is 5.76. The molecule has 0 bridgehead atoms. The molecule has 2 rings (SSSR count). The molecule has 1 N–H and O–H groups in total. The molecule has 2 aliphatic rings. The molecular formula is C17H31N3O3. The molecule has 0 aliphatic carbocycles. The Labute approximate surface area is 139 Å². The van der Waals surface area contributed by atoms with Gasteiger partial charge in [0.25, 0.3) is 5.91 Å². The predicted octanol–water partition coefficient (Wildman–Crippen LogP) is 1.84. The fraction of sp³-hybridized carbons (Fsp3) is 0.882. The van der Waals surface area contributed by atoms with E-state index in [1.807, 2.05) is 4.90 Å². The largest absolute Gasteiger partial charge is 0.363 e. The lowest BCUT2D eigenvalue weighted by Gasteiger charge is -2.30. The van der Waals surface area contributed by atoms with Crippen molar-refractivity contribution in [3.05, 3.63) is 0 Å². The number of likely N-dealkylation sites (N-methyl/N-ethyl adjacent to an activating group) is 1. The van der Waals surface area contributed by atoms with E-state index in [4.69, 9.17) is 4.74 Å². The van der Waals surface area contributed by atoms with Crippen LogP contribution < -0.4 is 5.32 Å². The number of carbonyl (C=O) groups excluding carboxylic acids is 2. The molecule has 0 saturated carbocycles. The van der Waals surface area contributed by atoms with Gasteiger partial charge in [-0.2, -0.15) is 0 Å². The van der Waals surface area contributed by atoms with Crippen LogP contribution in [0.15, 0.2) is 0 Å². The van der Waals surface area contributed by atoms with Crippen molar-refractivity contribution in [3.8, 4) is 0 Å². The zero-order valence-electron chi connectivity index (χ0n) is 14.9. The highest BCUT2D eigenvalue weighted by Gasteiger charge is 2.32. The highest BCUT2D eigenvalue weighted by molar-refractivity contribution is 5.80. The van der Waals surface area contributed by atoms with Crippen LogP contribution in [0.1, 0.15) is 46.0 Å². The first-order valence-corrected chi connectivity index (χ1v) is 8.68. The quantitative estimate of drug-likeness (QED) is 0.861. The van der Waals surface area contributed by atoms with Gasteiger partial charge >= 0.3 is 6.03 Å². The van der Waals surface area contributed by atoms with Crippen LogP contribution in [0, 0.1) is 5.41 Å². The summed E-state index contributed by atoms with van der Waals surface area (Å²) in [4.78, 5) is 27.8. The SMILES string of the molecule is CN(C)C(=O)[C@H]1CC[C@H](CNC(=O)N2CCCCC(C)(C)C2)O1. The van der Waals surface area contributed by atoms with Gasteiger partial charge in [-0.25, -0.2) is 4.79 Å². The zero-order chi connectivity index (χ0) is 17.0. The Morgan fingerprint density at radius 3 is 2.70 bits per heavy atom. The minimum atomic E-state index is -0.357. The van der Waals surface area contributed by atoms with E-state index < -0.39 is 0 Å². The average Bonchev–Trinajstić information content (AvgIpc) is 2.87. The van der Waals surface area contributed by atoms with E-state index in [0.717, 1.165) is 38.8 Å². The van der Waals surface area contributed by atoms with Crippen LogP contribution in [0.2, 0.25) is 0 Å². The Morgan fingerprint density at radius 2 is 2.00 bits per heavy atom. The van der Waals surface area contributed by atoms with E-state index in [0.29, 0.717) is 6.54 Å². The zero-order valence-corrected chi connectivity index (χ0v) is 14.9. The maximum Gasteiger partial charge on any atom is 0.317 e. The number of hydrogen-bond donors (Lipinski definition) is 1. The molecule has 2 aliphatic heterocycles. The molecule has 23 heavy (non-hydrogen) atoms. The standard InChI is InChI=1S/C17H31N3O3/c1-17(2)9-5-6-10-20(12-17)16(22)18-11-13-7-8-14(23-13)15(21)19(3)4/h13-14H,5-12H2,1-4H3,(H,18,22)/t13-,14-/m1/s1.